The Hall–Kier alpha value is -4.13. The van der Waals surface area contributed by atoms with Crippen LogP contribution in [0.4, 0.5) is 17.1 Å². The molecule has 0 aliphatic heterocycles. The van der Waals surface area contributed by atoms with E-state index < -0.39 is 0 Å². The molecular weight excluding hydrogens is 440 g/mol. The number of carbonyl (C=O) groups excluding carboxylic acids is 3. The van der Waals surface area contributed by atoms with Crippen molar-refractivity contribution in [2.75, 3.05) is 41.7 Å². The van der Waals surface area contributed by atoms with Crippen molar-refractivity contribution in [2.45, 2.75) is 20.8 Å². The van der Waals surface area contributed by atoms with Gasteiger partial charge in [0, 0.05) is 47.8 Å². The molecular formula is C28H32N4O3. The molecule has 0 spiro atoms. The number of para-hydroxylation sites is 1. The highest BCUT2D eigenvalue weighted by atomic mass is 16.2. The maximum atomic E-state index is 12.9. The lowest BCUT2D eigenvalue weighted by molar-refractivity contribution is -0.114. The lowest BCUT2D eigenvalue weighted by Crippen LogP contribution is -2.30. The first-order valence-corrected chi connectivity index (χ1v) is 11.9. The van der Waals surface area contributed by atoms with E-state index >= 15 is 0 Å². The van der Waals surface area contributed by atoms with Crippen LogP contribution in [0.1, 0.15) is 41.5 Å². The number of nitrogens with zero attached hydrogens (tertiary/aromatic N) is 2. The Kier molecular flexibility index (Phi) is 9.01. The van der Waals surface area contributed by atoms with Crippen molar-refractivity contribution < 1.29 is 14.4 Å². The van der Waals surface area contributed by atoms with Crippen LogP contribution in [0, 0.1) is 0 Å². The Labute approximate surface area is 206 Å². The Bertz CT molecular complexity index is 1140. The highest BCUT2D eigenvalue weighted by molar-refractivity contribution is 6.06. The summed E-state index contributed by atoms with van der Waals surface area (Å²) in [5.74, 6) is -0.381. The van der Waals surface area contributed by atoms with E-state index in [2.05, 4.69) is 10.6 Å². The van der Waals surface area contributed by atoms with Gasteiger partial charge < -0.3 is 20.4 Å². The van der Waals surface area contributed by atoms with Gasteiger partial charge in [0.05, 0.1) is 6.54 Å². The predicted octanol–water partition coefficient (Wildman–Crippen LogP) is 4.89. The molecule has 0 aliphatic rings. The Morgan fingerprint density at radius 3 is 2.00 bits per heavy atom. The van der Waals surface area contributed by atoms with Crippen LogP contribution in [0.15, 0.2) is 78.9 Å². The molecule has 0 aliphatic carbocycles. The number of rotatable bonds is 10. The van der Waals surface area contributed by atoms with E-state index in [1.807, 2.05) is 51.1 Å². The van der Waals surface area contributed by atoms with Crippen molar-refractivity contribution in [3.8, 4) is 0 Å². The van der Waals surface area contributed by atoms with E-state index in [1.54, 1.807) is 58.3 Å². The maximum Gasteiger partial charge on any atom is 0.258 e. The molecule has 35 heavy (non-hydrogen) atoms. The summed E-state index contributed by atoms with van der Waals surface area (Å²) in [6, 6.07) is 23.5. The normalized spacial score (nSPS) is 10.4. The van der Waals surface area contributed by atoms with Crippen LogP contribution in [0.25, 0.3) is 0 Å². The Morgan fingerprint density at radius 1 is 0.686 bits per heavy atom. The molecule has 7 heteroatoms. The summed E-state index contributed by atoms with van der Waals surface area (Å²) in [5.41, 5.74) is 3.25. The number of amides is 3. The van der Waals surface area contributed by atoms with Crippen LogP contribution < -0.4 is 15.5 Å². The minimum absolute atomic E-state index is 0.0482. The summed E-state index contributed by atoms with van der Waals surface area (Å²) in [6.07, 6.45) is 0. The summed E-state index contributed by atoms with van der Waals surface area (Å²) in [4.78, 5) is 41.4. The van der Waals surface area contributed by atoms with Crippen molar-refractivity contribution in [3.63, 3.8) is 0 Å². The monoisotopic (exact) mass is 472 g/mol. The number of hydrogen-bond acceptors (Lipinski definition) is 4. The molecule has 0 aromatic heterocycles. The highest BCUT2D eigenvalue weighted by Gasteiger charge is 2.16. The second-order valence-corrected chi connectivity index (χ2v) is 7.92. The van der Waals surface area contributed by atoms with Gasteiger partial charge in [0.2, 0.25) is 5.91 Å². The number of carbonyl (C=O) groups is 3. The lowest BCUT2D eigenvalue weighted by Gasteiger charge is -2.21. The molecule has 3 aromatic rings. The van der Waals surface area contributed by atoms with Crippen molar-refractivity contribution in [3.05, 3.63) is 90.0 Å². The van der Waals surface area contributed by atoms with E-state index in [9.17, 15) is 14.4 Å². The Balaban J connectivity index is 1.57. The zero-order chi connectivity index (χ0) is 25.2. The fourth-order valence-electron chi connectivity index (χ4n) is 3.75. The third-order valence-corrected chi connectivity index (χ3v) is 5.66. The van der Waals surface area contributed by atoms with Gasteiger partial charge in [0.15, 0.2) is 0 Å². The second kappa shape index (κ2) is 12.4. The molecule has 182 valence electrons. The van der Waals surface area contributed by atoms with E-state index in [1.165, 1.54) is 0 Å². The molecule has 0 heterocycles. The van der Waals surface area contributed by atoms with Crippen molar-refractivity contribution in [2.24, 2.45) is 0 Å². The van der Waals surface area contributed by atoms with Crippen molar-refractivity contribution in [1.29, 1.82) is 0 Å². The summed E-state index contributed by atoms with van der Waals surface area (Å²) >= 11 is 0. The summed E-state index contributed by atoms with van der Waals surface area (Å²) in [5, 5.41) is 5.89. The van der Waals surface area contributed by atoms with Gasteiger partial charge in [-0.2, -0.15) is 0 Å². The maximum absolute atomic E-state index is 12.9. The van der Waals surface area contributed by atoms with Gasteiger partial charge in [-0.05, 0) is 75.4 Å². The lowest BCUT2D eigenvalue weighted by atomic mass is 10.1. The molecule has 3 rings (SSSR count). The smallest absolute Gasteiger partial charge is 0.258 e. The topological polar surface area (TPSA) is 81.8 Å². The molecule has 0 saturated carbocycles. The van der Waals surface area contributed by atoms with Crippen LogP contribution in [0.5, 0.6) is 0 Å². The van der Waals surface area contributed by atoms with E-state index in [0.29, 0.717) is 36.4 Å². The fraction of sp³-hybridized carbons (Fsp3) is 0.250. The van der Waals surface area contributed by atoms with Crippen molar-refractivity contribution in [1.82, 2.24) is 4.90 Å². The number of hydrogen-bond donors (Lipinski definition) is 2. The minimum atomic E-state index is -0.237. The molecule has 2 N–H and O–H groups in total. The zero-order valence-electron chi connectivity index (χ0n) is 20.5. The van der Waals surface area contributed by atoms with Gasteiger partial charge in [0.25, 0.3) is 11.8 Å². The SMILES string of the molecule is CCN(CC)C(=O)c1cccc(NC(=O)CNc2ccc(C(=O)N(CC)c3ccccc3)cc2)c1. The quantitative estimate of drug-likeness (QED) is 0.440. The summed E-state index contributed by atoms with van der Waals surface area (Å²) < 4.78 is 0. The van der Waals surface area contributed by atoms with E-state index in [-0.39, 0.29) is 24.3 Å². The number of anilines is 3. The molecule has 0 bridgehead atoms. The van der Waals surface area contributed by atoms with Gasteiger partial charge >= 0.3 is 0 Å². The van der Waals surface area contributed by atoms with Crippen LogP contribution >= 0.6 is 0 Å². The first-order valence-electron chi connectivity index (χ1n) is 11.9. The average molecular weight is 473 g/mol. The van der Waals surface area contributed by atoms with Gasteiger partial charge in [-0.25, -0.2) is 0 Å². The molecule has 0 saturated heterocycles. The standard InChI is InChI=1S/C28H32N4O3/c1-4-31(5-2)27(34)22-11-10-12-24(19-22)30-26(33)20-29-23-17-15-21(16-18-23)28(35)32(6-3)25-13-8-7-9-14-25/h7-19,29H,4-6,20H2,1-3H3,(H,30,33). The zero-order valence-corrected chi connectivity index (χ0v) is 20.5. The molecule has 0 radical (unpaired) electrons. The largest absolute Gasteiger partial charge is 0.376 e. The molecule has 7 nitrogen and oxygen atoms in total. The third kappa shape index (κ3) is 6.69. The molecule has 3 aromatic carbocycles. The first kappa shape index (κ1) is 25.5. The van der Waals surface area contributed by atoms with Gasteiger partial charge in [-0.1, -0.05) is 24.3 Å². The van der Waals surface area contributed by atoms with E-state index in [0.717, 1.165) is 11.4 Å². The van der Waals surface area contributed by atoms with Gasteiger partial charge in [0.1, 0.15) is 0 Å². The van der Waals surface area contributed by atoms with Crippen LogP contribution in [0.3, 0.4) is 0 Å². The van der Waals surface area contributed by atoms with Gasteiger partial charge in [-0.15, -0.1) is 0 Å². The van der Waals surface area contributed by atoms with Crippen LogP contribution in [-0.2, 0) is 4.79 Å². The fourth-order valence-corrected chi connectivity index (χ4v) is 3.75. The first-order chi connectivity index (χ1) is 17.0. The summed E-state index contributed by atoms with van der Waals surface area (Å²) in [7, 11) is 0. The second-order valence-electron chi connectivity index (χ2n) is 7.92. The van der Waals surface area contributed by atoms with Crippen LogP contribution in [0.2, 0.25) is 0 Å². The predicted molar refractivity (Wildman–Crippen MR) is 141 cm³/mol. The molecule has 0 fully saturated rings. The van der Waals surface area contributed by atoms with Crippen molar-refractivity contribution >= 4 is 34.8 Å². The highest BCUT2D eigenvalue weighted by Crippen LogP contribution is 2.18. The average Bonchev–Trinajstić information content (AvgIpc) is 2.89. The Morgan fingerprint density at radius 2 is 1.37 bits per heavy atom. The minimum Gasteiger partial charge on any atom is -0.376 e. The molecule has 0 unspecified atom stereocenters. The van der Waals surface area contributed by atoms with Crippen LogP contribution in [-0.4, -0.2) is 48.8 Å². The van der Waals surface area contributed by atoms with Gasteiger partial charge in [-0.3, -0.25) is 14.4 Å². The van der Waals surface area contributed by atoms with E-state index in [4.69, 9.17) is 0 Å². The molecule has 0 atom stereocenters. The molecule has 3 amide bonds. The summed E-state index contributed by atoms with van der Waals surface area (Å²) in [6.45, 7) is 7.67. The number of nitrogens with one attached hydrogen (secondary N) is 2. The number of benzene rings is 3. The third-order valence-electron chi connectivity index (χ3n) is 5.66.